The van der Waals surface area contributed by atoms with Gasteiger partial charge in [-0.3, -0.25) is 9.80 Å². The van der Waals surface area contributed by atoms with Crippen LogP contribution in [-0.4, -0.2) is 67.2 Å². The molecule has 2 heterocycles. The maximum Gasteiger partial charge on any atom is 0.0506 e. The van der Waals surface area contributed by atoms with Gasteiger partial charge in [0.2, 0.25) is 0 Å². The molecule has 4 unspecified atom stereocenters. The third-order valence-electron chi connectivity index (χ3n) is 7.46. The van der Waals surface area contributed by atoms with Crippen LogP contribution in [0.4, 0.5) is 0 Å². The average Bonchev–Trinajstić information content (AvgIpc) is 3.25. The van der Waals surface area contributed by atoms with Crippen LogP contribution >= 0.6 is 23.2 Å². The van der Waals surface area contributed by atoms with Crippen molar-refractivity contribution in [2.75, 3.05) is 52.5 Å². The summed E-state index contributed by atoms with van der Waals surface area (Å²) in [4.78, 5) is 8.11. The van der Waals surface area contributed by atoms with Crippen molar-refractivity contribution >= 4 is 23.2 Å². The average molecular weight is 426 g/mol. The first-order valence-electron chi connectivity index (χ1n) is 11.5. The molecule has 4 atom stereocenters. The van der Waals surface area contributed by atoms with E-state index in [9.17, 15) is 0 Å². The number of rotatable bonds is 8. The lowest BCUT2D eigenvalue weighted by atomic mass is 9.86. The van der Waals surface area contributed by atoms with Crippen LogP contribution in [-0.2, 0) is 0 Å². The summed E-state index contributed by atoms with van der Waals surface area (Å²) in [6.07, 6.45) is 11.7. The number of nitrogens with zero attached hydrogens (tertiary/aromatic N) is 3. The van der Waals surface area contributed by atoms with E-state index in [0.29, 0.717) is 0 Å². The molecule has 0 N–H and O–H groups in total. The molecule has 28 heavy (non-hydrogen) atoms. The monoisotopic (exact) mass is 425 g/mol. The van der Waals surface area contributed by atoms with Crippen molar-refractivity contribution in [3.63, 3.8) is 0 Å². The van der Waals surface area contributed by atoms with Gasteiger partial charge in [0.1, 0.15) is 0 Å². The van der Waals surface area contributed by atoms with Crippen molar-refractivity contribution in [2.45, 2.75) is 45.4 Å². The van der Waals surface area contributed by atoms with Crippen molar-refractivity contribution < 1.29 is 0 Å². The summed E-state index contributed by atoms with van der Waals surface area (Å²) in [5.74, 6) is 3.24. The fourth-order valence-electron chi connectivity index (χ4n) is 5.79. The molecule has 2 aliphatic heterocycles. The first-order valence-corrected chi connectivity index (χ1v) is 12.2. The van der Waals surface area contributed by atoms with Crippen LogP contribution in [0.1, 0.15) is 45.4 Å². The lowest BCUT2D eigenvalue weighted by Gasteiger charge is -2.29. The molecule has 0 spiro atoms. The van der Waals surface area contributed by atoms with Crippen molar-refractivity contribution in [2.24, 2.45) is 23.7 Å². The van der Waals surface area contributed by atoms with Crippen molar-refractivity contribution in [1.82, 2.24) is 14.7 Å². The highest BCUT2D eigenvalue weighted by Gasteiger charge is 2.36. The highest BCUT2D eigenvalue weighted by atomic mass is 35.5. The third kappa shape index (κ3) is 5.35. The highest BCUT2D eigenvalue weighted by molar-refractivity contribution is 6.29. The Balaban J connectivity index is 1.25. The smallest absolute Gasteiger partial charge is 0.0506 e. The number of fused-ring (bicyclic) bond motifs is 2. The Morgan fingerprint density at radius 3 is 2.07 bits per heavy atom. The van der Waals surface area contributed by atoms with E-state index in [1.165, 1.54) is 71.5 Å². The zero-order chi connectivity index (χ0) is 19.5. The van der Waals surface area contributed by atoms with Crippen molar-refractivity contribution in [3.8, 4) is 0 Å². The number of hydrogen-bond acceptors (Lipinski definition) is 3. The van der Waals surface area contributed by atoms with Gasteiger partial charge in [-0.1, -0.05) is 48.7 Å². The van der Waals surface area contributed by atoms with E-state index >= 15 is 0 Å². The maximum atomic E-state index is 6.30. The predicted octanol–water partition coefficient (Wildman–Crippen LogP) is 4.98. The summed E-state index contributed by atoms with van der Waals surface area (Å²) in [6, 6.07) is 0. The van der Waals surface area contributed by atoms with Crippen molar-refractivity contribution in [3.05, 3.63) is 22.2 Å². The molecule has 2 aliphatic carbocycles. The number of likely N-dealkylation sites (tertiary alicyclic amines) is 2. The topological polar surface area (TPSA) is 9.72 Å². The Hall–Kier alpha value is -0.0600. The molecule has 0 aromatic carbocycles. The van der Waals surface area contributed by atoms with E-state index in [0.717, 1.165) is 53.2 Å². The lowest BCUT2D eigenvalue weighted by Crippen LogP contribution is -2.41. The van der Waals surface area contributed by atoms with E-state index in [2.05, 4.69) is 33.8 Å². The van der Waals surface area contributed by atoms with Gasteiger partial charge >= 0.3 is 0 Å². The Bertz CT molecular complexity index is 590. The summed E-state index contributed by atoms with van der Waals surface area (Å²) < 4.78 is 0. The molecule has 158 valence electrons. The van der Waals surface area contributed by atoms with E-state index in [-0.39, 0.29) is 0 Å². The zero-order valence-corrected chi connectivity index (χ0v) is 19.0. The zero-order valence-electron chi connectivity index (χ0n) is 17.5. The minimum atomic E-state index is 0.782. The van der Waals surface area contributed by atoms with E-state index in [4.69, 9.17) is 23.2 Å². The van der Waals surface area contributed by atoms with Crippen LogP contribution in [0.5, 0.6) is 0 Å². The lowest BCUT2D eigenvalue weighted by molar-refractivity contribution is 0.131. The van der Waals surface area contributed by atoms with Gasteiger partial charge in [0, 0.05) is 49.3 Å². The molecule has 0 aromatic rings. The van der Waals surface area contributed by atoms with E-state index < -0.39 is 0 Å². The molecular weight excluding hydrogens is 389 g/mol. The summed E-state index contributed by atoms with van der Waals surface area (Å²) in [6.45, 7) is 12.1. The largest absolute Gasteiger partial charge is 0.301 e. The van der Waals surface area contributed by atoms with Gasteiger partial charge in [0.25, 0.3) is 0 Å². The predicted molar refractivity (Wildman–Crippen MR) is 120 cm³/mol. The third-order valence-corrected chi connectivity index (χ3v) is 8.08. The number of unbranched alkanes of at least 4 members (excludes halogenated alkanes) is 1. The molecule has 5 heteroatoms. The first kappa shape index (κ1) is 21.2. The molecule has 4 rings (SSSR count). The summed E-state index contributed by atoms with van der Waals surface area (Å²) in [5.41, 5.74) is 0. The number of hydrogen-bond donors (Lipinski definition) is 0. The van der Waals surface area contributed by atoms with Gasteiger partial charge in [0.15, 0.2) is 0 Å². The van der Waals surface area contributed by atoms with Gasteiger partial charge in [-0.15, -0.1) is 0 Å². The van der Waals surface area contributed by atoms with Gasteiger partial charge in [0.05, 0.1) is 6.67 Å². The number of allylic oxidation sites excluding steroid dienone is 4. The minimum Gasteiger partial charge on any atom is -0.301 e. The van der Waals surface area contributed by atoms with Crippen LogP contribution in [0.25, 0.3) is 0 Å². The quantitative estimate of drug-likeness (QED) is 0.542. The van der Waals surface area contributed by atoms with Gasteiger partial charge in [-0.2, -0.15) is 0 Å². The summed E-state index contributed by atoms with van der Waals surface area (Å²) in [5, 5.41) is 2.19. The molecule has 2 saturated heterocycles. The molecule has 0 amide bonds. The highest BCUT2D eigenvalue weighted by Crippen LogP contribution is 2.38. The molecular formula is C23H37Cl2N3. The normalized spacial score (nSPS) is 33.7. The standard InChI is InChI=1S/C23H37Cl2N3/c1-2-3-8-26(17-28-14-19-5-7-23(25)12-21(19)16-28)9-10-27-13-18-4-6-22(24)11-20(18)15-27/h6-7,18-21H,2-5,8-17H2,1H3. The van der Waals surface area contributed by atoms with Gasteiger partial charge < -0.3 is 4.90 Å². The van der Waals surface area contributed by atoms with Gasteiger partial charge in [-0.05, 0) is 62.3 Å². The van der Waals surface area contributed by atoms with Crippen LogP contribution in [0, 0.1) is 23.7 Å². The molecule has 3 nitrogen and oxygen atoms in total. The first-order chi connectivity index (χ1) is 13.6. The Morgan fingerprint density at radius 1 is 0.857 bits per heavy atom. The maximum absolute atomic E-state index is 6.30. The Morgan fingerprint density at radius 2 is 1.43 bits per heavy atom. The molecule has 0 aromatic heterocycles. The van der Waals surface area contributed by atoms with Crippen LogP contribution < -0.4 is 0 Å². The van der Waals surface area contributed by atoms with Crippen LogP contribution in [0.3, 0.4) is 0 Å². The van der Waals surface area contributed by atoms with Crippen LogP contribution in [0.2, 0.25) is 0 Å². The molecule has 0 bridgehead atoms. The minimum absolute atomic E-state index is 0.782. The summed E-state index contributed by atoms with van der Waals surface area (Å²) >= 11 is 12.6. The molecule has 2 fully saturated rings. The molecule has 4 aliphatic rings. The summed E-state index contributed by atoms with van der Waals surface area (Å²) in [7, 11) is 0. The van der Waals surface area contributed by atoms with Crippen LogP contribution in [0.15, 0.2) is 22.2 Å². The fourth-order valence-corrected chi connectivity index (χ4v) is 6.37. The second-order valence-corrected chi connectivity index (χ2v) is 10.6. The van der Waals surface area contributed by atoms with Gasteiger partial charge in [-0.25, -0.2) is 0 Å². The second kappa shape index (κ2) is 9.83. The molecule has 0 radical (unpaired) electrons. The fraction of sp³-hybridized carbons (Fsp3) is 0.826. The SMILES string of the molecule is CCCCN(CCN1CC2CC=C(Cl)CC2C1)CN1CC2CC=C(Cl)CC2C1. The Kier molecular flexibility index (Phi) is 7.44. The molecule has 0 saturated carbocycles. The Labute approximate surface area is 181 Å². The second-order valence-electron chi connectivity index (χ2n) is 9.63. The number of halogens is 2. The van der Waals surface area contributed by atoms with Crippen molar-refractivity contribution in [1.29, 1.82) is 0 Å². The van der Waals surface area contributed by atoms with E-state index in [1.807, 2.05) is 0 Å². The van der Waals surface area contributed by atoms with E-state index in [1.54, 1.807) is 0 Å².